The molecule has 1 aliphatic carbocycles. The van der Waals surface area contributed by atoms with Crippen LogP contribution < -0.4 is 5.73 Å². The van der Waals surface area contributed by atoms with Gasteiger partial charge in [-0.1, -0.05) is 0 Å². The van der Waals surface area contributed by atoms with Gasteiger partial charge < -0.3 is 5.73 Å². The summed E-state index contributed by atoms with van der Waals surface area (Å²) in [5.74, 6) is 0.122. The number of nitrogens with two attached hydrogens (primary N) is 1. The first kappa shape index (κ1) is 9.09. The maximum atomic E-state index is 13.3. The van der Waals surface area contributed by atoms with Gasteiger partial charge >= 0.3 is 0 Å². The molecule has 0 amide bonds. The number of rotatable bonds is 2. The van der Waals surface area contributed by atoms with Crippen LogP contribution in [0.5, 0.6) is 0 Å². The van der Waals surface area contributed by atoms with E-state index in [0.29, 0.717) is 16.1 Å². The predicted molar refractivity (Wildman–Crippen MR) is 51.5 cm³/mol. The lowest BCUT2D eigenvalue weighted by molar-refractivity contribution is 0.535. The largest absolute Gasteiger partial charge is 0.322 e. The van der Waals surface area contributed by atoms with Gasteiger partial charge in [0.2, 0.25) is 0 Å². The maximum absolute atomic E-state index is 13.3. The molecule has 0 aliphatic heterocycles. The summed E-state index contributed by atoms with van der Waals surface area (Å²) in [7, 11) is 0. The van der Waals surface area contributed by atoms with Crippen molar-refractivity contribution in [1.29, 1.82) is 0 Å². The highest BCUT2D eigenvalue weighted by molar-refractivity contribution is 9.10. The molecule has 2 rings (SSSR count). The molecule has 13 heavy (non-hydrogen) atoms. The number of halogens is 2. The summed E-state index contributed by atoms with van der Waals surface area (Å²) in [6.45, 7) is 0. The highest BCUT2D eigenvalue weighted by Gasteiger charge is 2.31. The minimum atomic E-state index is -0.311. The Labute approximate surface area is 84.5 Å². The van der Waals surface area contributed by atoms with Crippen molar-refractivity contribution >= 4 is 15.9 Å². The Balaban J connectivity index is 2.28. The van der Waals surface area contributed by atoms with Crippen LogP contribution in [-0.2, 0) is 0 Å². The van der Waals surface area contributed by atoms with E-state index in [4.69, 9.17) is 5.73 Å². The molecule has 0 radical (unpaired) electrons. The third-order valence-corrected chi connectivity index (χ3v) is 2.72. The molecule has 1 fully saturated rings. The van der Waals surface area contributed by atoms with Gasteiger partial charge in [0.1, 0.15) is 5.82 Å². The molecule has 4 heteroatoms. The van der Waals surface area contributed by atoms with E-state index in [1.54, 1.807) is 6.20 Å². The average Bonchev–Trinajstić information content (AvgIpc) is 2.85. The third-order valence-electron chi connectivity index (χ3n) is 2.28. The smallest absolute Gasteiger partial charge is 0.147 e. The molecule has 0 bridgehead atoms. The van der Waals surface area contributed by atoms with Crippen molar-refractivity contribution in [3.05, 3.63) is 28.2 Å². The lowest BCUT2D eigenvalue weighted by atomic mass is 10.1. The van der Waals surface area contributed by atoms with Crippen molar-refractivity contribution in [2.45, 2.75) is 18.9 Å². The second kappa shape index (κ2) is 3.35. The van der Waals surface area contributed by atoms with E-state index in [1.807, 2.05) is 0 Å². The van der Waals surface area contributed by atoms with Gasteiger partial charge in [-0.05, 0) is 40.8 Å². The van der Waals surface area contributed by atoms with Crippen molar-refractivity contribution in [1.82, 2.24) is 4.98 Å². The molecule has 70 valence electrons. The Bertz CT molecular complexity index is 325. The van der Waals surface area contributed by atoms with Crippen molar-refractivity contribution in [3.8, 4) is 0 Å². The summed E-state index contributed by atoms with van der Waals surface area (Å²) in [5.41, 5.74) is 6.23. The molecule has 2 nitrogen and oxygen atoms in total. The minimum absolute atomic E-state index is 0.229. The number of pyridine rings is 1. The SMILES string of the molecule is N[C@@H](c1ncc(Br)cc1F)C1CC1. The molecule has 1 atom stereocenters. The van der Waals surface area contributed by atoms with E-state index in [1.165, 1.54) is 6.07 Å². The van der Waals surface area contributed by atoms with E-state index in [0.717, 1.165) is 12.8 Å². The lowest BCUT2D eigenvalue weighted by Gasteiger charge is -2.10. The van der Waals surface area contributed by atoms with Crippen molar-refractivity contribution in [3.63, 3.8) is 0 Å². The van der Waals surface area contributed by atoms with Gasteiger partial charge in [0, 0.05) is 10.7 Å². The molecular formula is C9H10BrFN2. The van der Waals surface area contributed by atoms with Crippen molar-refractivity contribution in [2.75, 3.05) is 0 Å². The van der Waals surface area contributed by atoms with Crippen LogP contribution in [0.15, 0.2) is 16.7 Å². The Morgan fingerprint density at radius 1 is 1.62 bits per heavy atom. The van der Waals surface area contributed by atoms with E-state index >= 15 is 0 Å². The predicted octanol–water partition coefficient (Wildman–Crippen LogP) is 2.39. The van der Waals surface area contributed by atoms with Gasteiger partial charge in [-0.25, -0.2) is 4.39 Å². The van der Waals surface area contributed by atoms with E-state index in [2.05, 4.69) is 20.9 Å². The van der Waals surface area contributed by atoms with Crippen LogP contribution in [0.3, 0.4) is 0 Å². The Hall–Kier alpha value is -0.480. The second-order valence-corrected chi connectivity index (χ2v) is 4.30. The second-order valence-electron chi connectivity index (χ2n) is 3.38. The molecule has 0 saturated heterocycles. The Morgan fingerprint density at radius 3 is 2.85 bits per heavy atom. The fourth-order valence-corrected chi connectivity index (χ4v) is 1.65. The fraction of sp³-hybridized carbons (Fsp3) is 0.444. The van der Waals surface area contributed by atoms with Crippen LogP contribution in [0.1, 0.15) is 24.6 Å². The molecular weight excluding hydrogens is 235 g/mol. The normalized spacial score (nSPS) is 18.7. The van der Waals surface area contributed by atoms with Gasteiger partial charge in [0.05, 0.1) is 11.7 Å². The standard InChI is InChI=1S/C9H10BrFN2/c10-6-3-7(11)9(13-4-6)8(12)5-1-2-5/h3-5,8H,1-2,12H2/t8-/m1/s1. The maximum Gasteiger partial charge on any atom is 0.147 e. The topological polar surface area (TPSA) is 38.9 Å². The third kappa shape index (κ3) is 1.89. The molecule has 0 unspecified atom stereocenters. The van der Waals surface area contributed by atoms with E-state index in [9.17, 15) is 4.39 Å². The lowest BCUT2D eigenvalue weighted by Crippen LogP contribution is -2.15. The van der Waals surface area contributed by atoms with E-state index in [-0.39, 0.29) is 11.9 Å². The molecule has 1 aromatic heterocycles. The highest BCUT2D eigenvalue weighted by atomic mass is 79.9. The quantitative estimate of drug-likeness (QED) is 0.868. The first-order chi connectivity index (χ1) is 6.18. The van der Waals surface area contributed by atoms with Crippen LogP contribution in [0, 0.1) is 11.7 Å². The summed E-state index contributed by atoms with van der Waals surface area (Å²) in [6, 6.07) is 1.18. The number of hydrogen-bond donors (Lipinski definition) is 1. The minimum Gasteiger partial charge on any atom is -0.322 e. The summed E-state index contributed by atoms with van der Waals surface area (Å²) in [5, 5.41) is 0. The zero-order valence-electron chi connectivity index (χ0n) is 7.00. The van der Waals surface area contributed by atoms with Gasteiger partial charge in [0.15, 0.2) is 0 Å². The summed E-state index contributed by atoms with van der Waals surface area (Å²) in [4.78, 5) is 3.99. The molecule has 0 spiro atoms. The number of aromatic nitrogens is 1. The van der Waals surface area contributed by atoms with E-state index < -0.39 is 0 Å². The van der Waals surface area contributed by atoms with Crippen LogP contribution in [-0.4, -0.2) is 4.98 Å². The van der Waals surface area contributed by atoms with Gasteiger partial charge in [-0.15, -0.1) is 0 Å². The monoisotopic (exact) mass is 244 g/mol. The average molecular weight is 245 g/mol. The molecule has 1 aromatic rings. The van der Waals surface area contributed by atoms with Gasteiger partial charge in [0.25, 0.3) is 0 Å². The van der Waals surface area contributed by atoms with Crippen LogP contribution >= 0.6 is 15.9 Å². The van der Waals surface area contributed by atoms with Gasteiger partial charge in [-0.2, -0.15) is 0 Å². The zero-order valence-corrected chi connectivity index (χ0v) is 8.59. The zero-order chi connectivity index (χ0) is 9.42. The van der Waals surface area contributed by atoms with Crippen molar-refractivity contribution in [2.24, 2.45) is 11.7 Å². The molecule has 0 aromatic carbocycles. The fourth-order valence-electron chi connectivity index (χ4n) is 1.35. The van der Waals surface area contributed by atoms with Gasteiger partial charge in [-0.3, -0.25) is 4.98 Å². The van der Waals surface area contributed by atoms with Crippen LogP contribution in [0.25, 0.3) is 0 Å². The molecule has 1 saturated carbocycles. The number of hydrogen-bond acceptors (Lipinski definition) is 2. The first-order valence-electron chi connectivity index (χ1n) is 4.25. The molecule has 1 heterocycles. The number of nitrogens with zero attached hydrogens (tertiary/aromatic N) is 1. The van der Waals surface area contributed by atoms with Crippen molar-refractivity contribution < 1.29 is 4.39 Å². The molecule has 2 N–H and O–H groups in total. The molecule has 1 aliphatic rings. The Kier molecular flexibility index (Phi) is 2.34. The highest BCUT2D eigenvalue weighted by Crippen LogP contribution is 2.39. The van der Waals surface area contributed by atoms with Crippen LogP contribution in [0.2, 0.25) is 0 Å². The summed E-state index contributed by atoms with van der Waals surface area (Å²) < 4.78 is 14.0. The first-order valence-corrected chi connectivity index (χ1v) is 5.04. The van der Waals surface area contributed by atoms with Crippen LogP contribution in [0.4, 0.5) is 4.39 Å². The Morgan fingerprint density at radius 2 is 2.31 bits per heavy atom. The summed E-state index contributed by atoms with van der Waals surface area (Å²) in [6.07, 6.45) is 3.78. The summed E-state index contributed by atoms with van der Waals surface area (Å²) >= 11 is 3.15.